The molecule has 3 rings (SSSR count). The first-order chi connectivity index (χ1) is 13.7. The average molecular weight is 511 g/mol. The van der Waals surface area contributed by atoms with E-state index < -0.39 is 0 Å². The SMILES string of the molecule is CCCCN=C(NCCc1ccco1)NC1CCN(c2cccc(C)n2)CC1.I. The Morgan fingerprint density at radius 3 is 2.76 bits per heavy atom. The molecule has 0 aliphatic carbocycles. The molecule has 0 unspecified atom stereocenters. The van der Waals surface area contributed by atoms with Gasteiger partial charge >= 0.3 is 0 Å². The largest absolute Gasteiger partial charge is 0.469 e. The van der Waals surface area contributed by atoms with Gasteiger partial charge in [0.1, 0.15) is 11.6 Å². The number of guanidine groups is 1. The summed E-state index contributed by atoms with van der Waals surface area (Å²) in [6, 6.07) is 10.6. The molecule has 0 amide bonds. The highest BCUT2D eigenvalue weighted by Gasteiger charge is 2.21. The molecule has 29 heavy (non-hydrogen) atoms. The lowest BCUT2D eigenvalue weighted by Gasteiger charge is -2.34. The third-order valence-corrected chi connectivity index (χ3v) is 5.06. The lowest BCUT2D eigenvalue weighted by molar-refractivity contribution is 0.458. The molecule has 160 valence electrons. The number of unbranched alkanes of at least 4 members (excludes halogenated alkanes) is 1. The summed E-state index contributed by atoms with van der Waals surface area (Å²) >= 11 is 0. The Kier molecular flexibility index (Phi) is 10.3. The van der Waals surface area contributed by atoms with Crippen molar-refractivity contribution < 1.29 is 4.42 Å². The van der Waals surface area contributed by atoms with Crippen LogP contribution in [0.4, 0.5) is 5.82 Å². The van der Waals surface area contributed by atoms with Gasteiger partial charge in [0.15, 0.2) is 5.96 Å². The maximum absolute atomic E-state index is 5.41. The quantitative estimate of drug-likeness (QED) is 0.241. The number of aromatic nitrogens is 1. The fraction of sp³-hybridized carbons (Fsp3) is 0.545. The molecule has 1 aliphatic heterocycles. The first kappa shape index (κ1) is 23.5. The minimum atomic E-state index is 0. The molecule has 0 radical (unpaired) electrons. The summed E-state index contributed by atoms with van der Waals surface area (Å²) in [6.07, 6.45) is 7.03. The van der Waals surface area contributed by atoms with Crippen molar-refractivity contribution >= 4 is 35.8 Å². The van der Waals surface area contributed by atoms with Crippen LogP contribution in [-0.4, -0.2) is 43.2 Å². The highest BCUT2D eigenvalue weighted by atomic mass is 127. The molecule has 1 saturated heterocycles. The van der Waals surface area contributed by atoms with Crippen molar-refractivity contribution in [3.63, 3.8) is 0 Å². The Morgan fingerprint density at radius 1 is 1.24 bits per heavy atom. The van der Waals surface area contributed by atoms with Crippen LogP contribution in [0.1, 0.15) is 44.1 Å². The third kappa shape index (κ3) is 7.87. The summed E-state index contributed by atoms with van der Waals surface area (Å²) in [5.41, 5.74) is 1.07. The summed E-state index contributed by atoms with van der Waals surface area (Å²) < 4.78 is 5.41. The van der Waals surface area contributed by atoms with Crippen LogP contribution in [-0.2, 0) is 6.42 Å². The van der Waals surface area contributed by atoms with E-state index in [0.717, 1.165) is 81.5 Å². The third-order valence-electron chi connectivity index (χ3n) is 5.06. The van der Waals surface area contributed by atoms with Gasteiger partial charge in [0, 0.05) is 44.3 Å². The van der Waals surface area contributed by atoms with Crippen molar-refractivity contribution in [2.24, 2.45) is 4.99 Å². The van der Waals surface area contributed by atoms with Gasteiger partial charge in [-0.25, -0.2) is 4.98 Å². The molecule has 2 N–H and O–H groups in total. The summed E-state index contributed by atoms with van der Waals surface area (Å²) in [6.45, 7) is 7.95. The van der Waals surface area contributed by atoms with Gasteiger partial charge in [0.2, 0.25) is 0 Å². The van der Waals surface area contributed by atoms with Crippen molar-refractivity contribution in [1.82, 2.24) is 15.6 Å². The van der Waals surface area contributed by atoms with Crippen molar-refractivity contribution in [1.29, 1.82) is 0 Å². The fourth-order valence-corrected chi connectivity index (χ4v) is 3.41. The molecular weight excluding hydrogens is 477 g/mol. The lowest BCUT2D eigenvalue weighted by atomic mass is 10.1. The molecule has 0 spiro atoms. The van der Waals surface area contributed by atoms with Gasteiger partial charge in [-0.2, -0.15) is 0 Å². The van der Waals surface area contributed by atoms with Gasteiger partial charge in [-0.05, 0) is 50.5 Å². The summed E-state index contributed by atoms with van der Waals surface area (Å²) in [5, 5.41) is 7.11. The molecule has 7 heteroatoms. The average Bonchev–Trinajstić information content (AvgIpc) is 3.22. The second kappa shape index (κ2) is 12.7. The second-order valence-electron chi connectivity index (χ2n) is 7.38. The van der Waals surface area contributed by atoms with Crippen LogP contribution < -0.4 is 15.5 Å². The number of furan rings is 1. The zero-order valence-corrected chi connectivity index (χ0v) is 19.9. The molecule has 0 aromatic carbocycles. The van der Waals surface area contributed by atoms with E-state index in [1.165, 1.54) is 0 Å². The van der Waals surface area contributed by atoms with E-state index in [2.05, 4.69) is 39.6 Å². The second-order valence-corrected chi connectivity index (χ2v) is 7.38. The molecule has 3 heterocycles. The predicted octanol–water partition coefficient (Wildman–Crippen LogP) is 4.15. The van der Waals surface area contributed by atoms with E-state index in [1.54, 1.807) is 6.26 Å². The number of rotatable bonds is 8. The maximum atomic E-state index is 5.41. The van der Waals surface area contributed by atoms with Crippen LogP contribution in [0.25, 0.3) is 0 Å². The Balaban J connectivity index is 0.00000300. The van der Waals surface area contributed by atoms with E-state index in [-0.39, 0.29) is 24.0 Å². The summed E-state index contributed by atoms with van der Waals surface area (Å²) in [4.78, 5) is 11.8. The number of piperidine rings is 1. The molecule has 0 atom stereocenters. The zero-order chi connectivity index (χ0) is 19.6. The minimum Gasteiger partial charge on any atom is -0.469 e. The Morgan fingerprint density at radius 2 is 2.07 bits per heavy atom. The van der Waals surface area contributed by atoms with E-state index >= 15 is 0 Å². The Hall–Kier alpha value is -1.77. The number of pyridine rings is 1. The number of hydrogen-bond donors (Lipinski definition) is 2. The number of hydrogen-bond acceptors (Lipinski definition) is 4. The molecule has 2 aromatic rings. The monoisotopic (exact) mass is 511 g/mol. The fourth-order valence-electron chi connectivity index (χ4n) is 3.41. The molecule has 1 fully saturated rings. The summed E-state index contributed by atoms with van der Waals surface area (Å²) in [5.74, 6) is 3.01. The number of nitrogens with one attached hydrogen (secondary N) is 2. The van der Waals surface area contributed by atoms with Gasteiger partial charge < -0.3 is 20.0 Å². The molecular formula is C22H34IN5O. The predicted molar refractivity (Wildman–Crippen MR) is 130 cm³/mol. The van der Waals surface area contributed by atoms with Crippen molar-refractivity contribution in [3.05, 3.63) is 48.0 Å². The van der Waals surface area contributed by atoms with Crippen LogP contribution in [0.5, 0.6) is 0 Å². The number of aryl methyl sites for hydroxylation is 1. The maximum Gasteiger partial charge on any atom is 0.191 e. The van der Waals surface area contributed by atoms with E-state index in [1.807, 2.05) is 25.1 Å². The van der Waals surface area contributed by atoms with Crippen LogP contribution in [0.3, 0.4) is 0 Å². The van der Waals surface area contributed by atoms with Gasteiger partial charge in [-0.15, -0.1) is 24.0 Å². The number of aliphatic imine (C=N–C) groups is 1. The van der Waals surface area contributed by atoms with Crippen LogP contribution >= 0.6 is 24.0 Å². The lowest BCUT2D eigenvalue weighted by Crippen LogP contribution is -2.49. The minimum absolute atomic E-state index is 0. The van der Waals surface area contributed by atoms with E-state index in [9.17, 15) is 0 Å². The highest BCUT2D eigenvalue weighted by Crippen LogP contribution is 2.18. The van der Waals surface area contributed by atoms with Gasteiger partial charge in [-0.3, -0.25) is 4.99 Å². The smallest absolute Gasteiger partial charge is 0.191 e. The van der Waals surface area contributed by atoms with E-state index in [0.29, 0.717) is 6.04 Å². The van der Waals surface area contributed by atoms with Crippen molar-refractivity contribution in [2.45, 2.75) is 52.0 Å². The molecule has 2 aromatic heterocycles. The van der Waals surface area contributed by atoms with Crippen molar-refractivity contribution in [3.8, 4) is 0 Å². The topological polar surface area (TPSA) is 65.7 Å². The zero-order valence-electron chi connectivity index (χ0n) is 17.6. The van der Waals surface area contributed by atoms with Crippen LogP contribution in [0.15, 0.2) is 46.0 Å². The standard InChI is InChI=1S/C22H33N5O.HI/c1-3-4-13-23-22(24-14-10-20-8-6-17-28-20)26-19-11-15-27(16-12-19)21-9-5-7-18(2)25-21;/h5-9,17,19H,3-4,10-16H2,1-2H3,(H2,23,24,26);1H. The molecule has 6 nitrogen and oxygen atoms in total. The Labute approximate surface area is 191 Å². The number of nitrogens with zero attached hydrogens (tertiary/aromatic N) is 3. The number of halogens is 1. The Bertz CT molecular complexity index is 727. The van der Waals surface area contributed by atoms with Gasteiger partial charge in [0.25, 0.3) is 0 Å². The normalized spacial score (nSPS) is 15.1. The van der Waals surface area contributed by atoms with Gasteiger partial charge in [-0.1, -0.05) is 19.4 Å². The molecule has 0 bridgehead atoms. The molecule has 1 aliphatic rings. The number of anilines is 1. The van der Waals surface area contributed by atoms with E-state index in [4.69, 9.17) is 9.41 Å². The van der Waals surface area contributed by atoms with Crippen LogP contribution in [0, 0.1) is 6.92 Å². The summed E-state index contributed by atoms with van der Waals surface area (Å²) in [7, 11) is 0. The highest BCUT2D eigenvalue weighted by molar-refractivity contribution is 14.0. The first-order valence-corrected chi connectivity index (χ1v) is 10.5. The van der Waals surface area contributed by atoms with Crippen LogP contribution in [0.2, 0.25) is 0 Å². The molecule has 0 saturated carbocycles. The van der Waals surface area contributed by atoms with Crippen molar-refractivity contribution in [2.75, 3.05) is 31.1 Å². The first-order valence-electron chi connectivity index (χ1n) is 10.5. The van der Waals surface area contributed by atoms with Gasteiger partial charge in [0.05, 0.1) is 6.26 Å².